The van der Waals surface area contributed by atoms with Crippen molar-refractivity contribution in [2.24, 2.45) is 0 Å². The number of ether oxygens (including phenoxy) is 1. The molecule has 0 fully saturated rings. The van der Waals surface area contributed by atoms with Crippen molar-refractivity contribution < 1.29 is 14.6 Å². The standard InChI is InChI=1S/C17H14O3/c1-13-12-15(9-10-16(13)17(18)19)20-11-5-8-14-6-3-2-4-7-14/h2-4,6-7,9-10,12H,11H2,1H3,(H,18,19). The zero-order chi connectivity index (χ0) is 14.4. The van der Waals surface area contributed by atoms with E-state index in [0.717, 1.165) is 5.56 Å². The fourth-order valence-electron chi connectivity index (χ4n) is 1.74. The summed E-state index contributed by atoms with van der Waals surface area (Å²) < 4.78 is 5.48. The summed E-state index contributed by atoms with van der Waals surface area (Å²) in [4.78, 5) is 10.9. The third-order valence-electron chi connectivity index (χ3n) is 2.75. The Bertz CT molecular complexity index is 664. The number of aryl methyl sites for hydroxylation is 1. The van der Waals surface area contributed by atoms with Gasteiger partial charge in [-0.15, -0.1) is 0 Å². The first-order valence-electron chi connectivity index (χ1n) is 6.17. The van der Waals surface area contributed by atoms with Crippen LogP contribution >= 0.6 is 0 Å². The molecule has 0 bridgehead atoms. The van der Waals surface area contributed by atoms with Crippen LogP contribution < -0.4 is 4.74 Å². The molecule has 100 valence electrons. The normalized spacial score (nSPS) is 9.45. The Balaban J connectivity index is 1.97. The molecule has 2 rings (SSSR count). The van der Waals surface area contributed by atoms with E-state index in [2.05, 4.69) is 11.8 Å². The lowest BCUT2D eigenvalue weighted by molar-refractivity contribution is 0.0696. The first kappa shape index (κ1) is 13.7. The van der Waals surface area contributed by atoms with Gasteiger partial charge in [-0.1, -0.05) is 30.0 Å². The van der Waals surface area contributed by atoms with Gasteiger partial charge in [0.2, 0.25) is 0 Å². The van der Waals surface area contributed by atoms with E-state index in [1.54, 1.807) is 19.1 Å². The van der Waals surface area contributed by atoms with E-state index < -0.39 is 5.97 Å². The lowest BCUT2D eigenvalue weighted by Gasteiger charge is -2.05. The van der Waals surface area contributed by atoms with Gasteiger partial charge in [0.05, 0.1) is 5.56 Å². The fourth-order valence-corrected chi connectivity index (χ4v) is 1.74. The lowest BCUT2D eigenvalue weighted by atomic mass is 10.1. The van der Waals surface area contributed by atoms with Crippen molar-refractivity contribution in [1.29, 1.82) is 0 Å². The molecule has 0 aliphatic carbocycles. The third-order valence-corrected chi connectivity index (χ3v) is 2.75. The Hall–Kier alpha value is -2.73. The molecule has 3 heteroatoms. The number of rotatable bonds is 3. The molecule has 0 radical (unpaired) electrons. The van der Waals surface area contributed by atoms with Gasteiger partial charge < -0.3 is 9.84 Å². The van der Waals surface area contributed by atoms with E-state index in [1.165, 1.54) is 6.07 Å². The predicted molar refractivity (Wildman–Crippen MR) is 77.0 cm³/mol. The highest BCUT2D eigenvalue weighted by Crippen LogP contribution is 2.17. The monoisotopic (exact) mass is 266 g/mol. The van der Waals surface area contributed by atoms with E-state index in [9.17, 15) is 4.79 Å². The molecule has 2 aromatic carbocycles. The van der Waals surface area contributed by atoms with Gasteiger partial charge in [-0.3, -0.25) is 0 Å². The van der Waals surface area contributed by atoms with Crippen molar-refractivity contribution in [3.05, 3.63) is 65.2 Å². The summed E-state index contributed by atoms with van der Waals surface area (Å²) in [5.41, 5.74) is 1.90. The van der Waals surface area contributed by atoms with E-state index in [-0.39, 0.29) is 12.2 Å². The third kappa shape index (κ3) is 3.63. The molecular formula is C17H14O3. The first-order valence-corrected chi connectivity index (χ1v) is 6.17. The van der Waals surface area contributed by atoms with Crippen molar-refractivity contribution in [1.82, 2.24) is 0 Å². The second kappa shape index (κ2) is 6.44. The Morgan fingerprint density at radius 3 is 2.60 bits per heavy atom. The molecule has 1 N–H and O–H groups in total. The minimum atomic E-state index is -0.932. The molecule has 0 heterocycles. The predicted octanol–water partition coefficient (Wildman–Crippen LogP) is 3.12. The minimum absolute atomic E-state index is 0.265. The SMILES string of the molecule is Cc1cc(OCC#Cc2ccccc2)ccc1C(=O)O. The van der Waals surface area contributed by atoms with Crippen LogP contribution in [0.25, 0.3) is 0 Å². The number of carboxylic acids is 1. The quantitative estimate of drug-likeness (QED) is 0.868. The van der Waals surface area contributed by atoms with Gasteiger partial charge in [-0.05, 0) is 42.8 Å². The number of hydrogen-bond donors (Lipinski definition) is 1. The van der Waals surface area contributed by atoms with Crippen molar-refractivity contribution >= 4 is 5.97 Å². The zero-order valence-corrected chi connectivity index (χ0v) is 11.1. The van der Waals surface area contributed by atoms with Crippen LogP contribution in [0, 0.1) is 18.8 Å². The number of carbonyl (C=O) groups is 1. The highest BCUT2D eigenvalue weighted by Gasteiger charge is 2.07. The van der Waals surface area contributed by atoms with Gasteiger partial charge in [0.15, 0.2) is 0 Å². The van der Waals surface area contributed by atoms with Crippen LogP contribution in [0.1, 0.15) is 21.5 Å². The molecule has 20 heavy (non-hydrogen) atoms. The van der Waals surface area contributed by atoms with Gasteiger partial charge >= 0.3 is 5.97 Å². The highest BCUT2D eigenvalue weighted by molar-refractivity contribution is 5.89. The number of carboxylic acid groups (broad SMARTS) is 1. The molecular weight excluding hydrogens is 252 g/mol. The van der Waals surface area contributed by atoms with Crippen LogP contribution in [0.2, 0.25) is 0 Å². The Morgan fingerprint density at radius 1 is 1.20 bits per heavy atom. The summed E-state index contributed by atoms with van der Waals surface area (Å²) >= 11 is 0. The average molecular weight is 266 g/mol. The van der Waals surface area contributed by atoms with Crippen molar-refractivity contribution in [2.45, 2.75) is 6.92 Å². The number of aromatic carboxylic acids is 1. The van der Waals surface area contributed by atoms with Crippen LogP contribution in [0.5, 0.6) is 5.75 Å². The second-order valence-electron chi connectivity index (χ2n) is 4.24. The van der Waals surface area contributed by atoms with Crippen molar-refractivity contribution in [3.63, 3.8) is 0 Å². The number of benzene rings is 2. The molecule has 0 unspecified atom stereocenters. The molecule has 0 aliphatic heterocycles. The maximum absolute atomic E-state index is 10.9. The summed E-state index contributed by atoms with van der Waals surface area (Å²) in [5.74, 6) is 5.60. The lowest BCUT2D eigenvalue weighted by Crippen LogP contribution is -2.01. The van der Waals surface area contributed by atoms with Crippen LogP contribution in [-0.2, 0) is 0 Å². The fraction of sp³-hybridized carbons (Fsp3) is 0.118. The maximum Gasteiger partial charge on any atom is 0.335 e. The molecule has 2 aromatic rings. The van der Waals surface area contributed by atoms with Crippen LogP contribution in [0.4, 0.5) is 0 Å². The molecule has 0 spiro atoms. The van der Waals surface area contributed by atoms with Gasteiger partial charge in [-0.25, -0.2) is 4.79 Å². The first-order chi connectivity index (χ1) is 9.66. The van der Waals surface area contributed by atoms with Gasteiger partial charge in [-0.2, -0.15) is 0 Å². The minimum Gasteiger partial charge on any atom is -0.481 e. The molecule has 0 atom stereocenters. The van der Waals surface area contributed by atoms with Crippen LogP contribution in [-0.4, -0.2) is 17.7 Å². The van der Waals surface area contributed by atoms with Crippen molar-refractivity contribution in [2.75, 3.05) is 6.61 Å². The smallest absolute Gasteiger partial charge is 0.335 e. The maximum atomic E-state index is 10.9. The zero-order valence-electron chi connectivity index (χ0n) is 11.1. The summed E-state index contributed by atoms with van der Waals surface area (Å²) in [5, 5.41) is 8.93. The molecule has 0 amide bonds. The summed E-state index contributed by atoms with van der Waals surface area (Å²) in [6.07, 6.45) is 0. The van der Waals surface area contributed by atoms with Gasteiger partial charge in [0.25, 0.3) is 0 Å². The Morgan fingerprint density at radius 2 is 1.95 bits per heavy atom. The largest absolute Gasteiger partial charge is 0.481 e. The molecule has 0 aromatic heterocycles. The van der Waals surface area contributed by atoms with E-state index in [4.69, 9.17) is 9.84 Å². The van der Waals surface area contributed by atoms with Gasteiger partial charge in [0.1, 0.15) is 12.4 Å². The average Bonchev–Trinajstić information content (AvgIpc) is 2.44. The summed E-state index contributed by atoms with van der Waals surface area (Å²) in [6.45, 7) is 2.01. The highest BCUT2D eigenvalue weighted by atomic mass is 16.5. The molecule has 0 aliphatic rings. The van der Waals surface area contributed by atoms with E-state index >= 15 is 0 Å². The Labute approximate surface area is 117 Å². The summed E-state index contributed by atoms with van der Waals surface area (Å²) in [7, 11) is 0. The summed E-state index contributed by atoms with van der Waals surface area (Å²) in [6, 6.07) is 14.5. The molecule has 3 nitrogen and oxygen atoms in total. The van der Waals surface area contributed by atoms with Crippen LogP contribution in [0.15, 0.2) is 48.5 Å². The topological polar surface area (TPSA) is 46.5 Å². The van der Waals surface area contributed by atoms with Gasteiger partial charge in [0, 0.05) is 5.56 Å². The van der Waals surface area contributed by atoms with Crippen LogP contribution in [0.3, 0.4) is 0 Å². The van der Waals surface area contributed by atoms with Crippen molar-refractivity contribution in [3.8, 4) is 17.6 Å². The number of hydrogen-bond acceptors (Lipinski definition) is 2. The second-order valence-corrected chi connectivity index (χ2v) is 4.24. The van der Waals surface area contributed by atoms with E-state index in [0.29, 0.717) is 11.3 Å². The molecule has 0 saturated heterocycles. The van der Waals surface area contributed by atoms with E-state index in [1.807, 2.05) is 30.3 Å². The molecule has 0 saturated carbocycles. The Kier molecular flexibility index (Phi) is 4.41.